The monoisotopic (exact) mass is 248 g/mol. The molecule has 18 heavy (non-hydrogen) atoms. The van der Waals surface area contributed by atoms with Crippen molar-refractivity contribution in [2.75, 3.05) is 0 Å². The summed E-state index contributed by atoms with van der Waals surface area (Å²) in [6, 6.07) is 7.63. The summed E-state index contributed by atoms with van der Waals surface area (Å²) in [6.45, 7) is 9.91. The van der Waals surface area contributed by atoms with Gasteiger partial charge in [-0.3, -0.25) is 4.79 Å². The van der Waals surface area contributed by atoms with Crippen LogP contribution in [0.25, 0.3) is 0 Å². The van der Waals surface area contributed by atoms with Gasteiger partial charge >= 0.3 is 0 Å². The van der Waals surface area contributed by atoms with Crippen LogP contribution in [0, 0.1) is 12.3 Å². The molecule has 0 heterocycles. The summed E-state index contributed by atoms with van der Waals surface area (Å²) >= 11 is 0. The lowest BCUT2D eigenvalue weighted by Crippen LogP contribution is -2.49. The molecule has 0 aliphatic carbocycles. The van der Waals surface area contributed by atoms with E-state index in [0.29, 0.717) is 0 Å². The van der Waals surface area contributed by atoms with Gasteiger partial charge in [0.15, 0.2) is 0 Å². The lowest BCUT2D eigenvalue weighted by atomic mass is 9.86. The highest BCUT2D eigenvalue weighted by atomic mass is 16.2. The van der Waals surface area contributed by atoms with Gasteiger partial charge in [0, 0.05) is 0 Å². The van der Waals surface area contributed by atoms with Gasteiger partial charge in [-0.15, -0.1) is 0 Å². The van der Waals surface area contributed by atoms with E-state index in [1.165, 1.54) is 5.56 Å². The molecule has 3 N–H and O–H groups in total. The second-order valence-corrected chi connectivity index (χ2v) is 5.98. The molecular weight excluding hydrogens is 224 g/mol. The van der Waals surface area contributed by atoms with Crippen molar-refractivity contribution in [2.45, 2.75) is 46.7 Å². The Kier molecular flexibility index (Phi) is 4.52. The van der Waals surface area contributed by atoms with Crippen molar-refractivity contribution in [2.24, 2.45) is 11.1 Å². The normalized spacial score (nSPS) is 15.0. The molecule has 0 aliphatic heterocycles. The van der Waals surface area contributed by atoms with Gasteiger partial charge in [-0.1, -0.05) is 50.6 Å². The van der Waals surface area contributed by atoms with Crippen LogP contribution in [0.5, 0.6) is 0 Å². The first-order valence-electron chi connectivity index (χ1n) is 6.34. The molecule has 0 saturated heterocycles. The summed E-state index contributed by atoms with van der Waals surface area (Å²) in [5, 5.41) is 2.96. The molecule has 1 aromatic carbocycles. The van der Waals surface area contributed by atoms with E-state index < -0.39 is 6.04 Å². The maximum absolute atomic E-state index is 12.0. The van der Waals surface area contributed by atoms with E-state index in [9.17, 15) is 4.79 Å². The molecule has 1 rings (SSSR count). The predicted molar refractivity (Wildman–Crippen MR) is 75.2 cm³/mol. The molecule has 0 spiro atoms. The molecule has 0 fully saturated rings. The summed E-state index contributed by atoms with van der Waals surface area (Å²) in [6.07, 6.45) is 0. The van der Waals surface area contributed by atoms with Crippen LogP contribution in [-0.4, -0.2) is 11.9 Å². The molecule has 1 aromatic rings. The number of carbonyl (C=O) groups excluding carboxylic acids is 1. The smallest absolute Gasteiger partial charge is 0.237 e. The highest BCUT2D eigenvalue weighted by molar-refractivity contribution is 5.82. The molecule has 0 saturated carbocycles. The number of nitrogens with one attached hydrogen (secondary N) is 1. The number of amides is 1. The first kappa shape index (κ1) is 14.7. The molecule has 100 valence electrons. The maximum Gasteiger partial charge on any atom is 0.237 e. The Morgan fingerprint density at radius 2 is 1.72 bits per heavy atom. The molecule has 0 unspecified atom stereocenters. The molecular formula is C15H24N2O. The molecule has 1 amide bonds. The summed E-state index contributed by atoms with van der Waals surface area (Å²) < 4.78 is 0. The summed E-state index contributed by atoms with van der Waals surface area (Å²) in [4.78, 5) is 12.0. The lowest BCUT2D eigenvalue weighted by Gasteiger charge is -2.27. The summed E-state index contributed by atoms with van der Waals surface area (Å²) in [5.41, 5.74) is 8.01. The fourth-order valence-electron chi connectivity index (χ4n) is 1.63. The van der Waals surface area contributed by atoms with E-state index in [0.717, 1.165) is 5.56 Å². The fourth-order valence-corrected chi connectivity index (χ4v) is 1.63. The minimum absolute atomic E-state index is 0.0218. The minimum atomic E-state index is -0.495. The maximum atomic E-state index is 12.0. The highest BCUT2D eigenvalue weighted by Crippen LogP contribution is 2.19. The predicted octanol–water partition coefficient (Wildman–Crippen LogP) is 2.55. The molecule has 0 aliphatic rings. The third-order valence-electron chi connectivity index (χ3n) is 3.15. The molecule has 2 atom stereocenters. The fraction of sp³-hybridized carbons (Fsp3) is 0.533. The number of benzene rings is 1. The van der Waals surface area contributed by atoms with Gasteiger partial charge in [0.25, 0.3) is 0 Å². The van der Waals surface area contributed by atoms with Crippen molar-refractivity contribution in [1.29, 1.82) is 0 Å². The standard InChI is InChI=1S/C15H24N2O/c1-10-6-8-12(9-7-10)11(2)17-14(18)13(16)15(3,4)5/h6-9,11,13H,16H2,1-5H3,(H,17,18)/t11-,13-/m0/s1. The topological polar surface area (TPSA) is 55.1 Å². The first-order valence-corrected chi connectivity index (χ1v) is 6.34. The zero-order valence-electron chi connectivity index (χ0n) is 11.9. The van der Waals surface area contributed by atoms with Gasteiger partial charge in [-0.05, 0) is 24.8 Å². The van der Waals surface area contributed by atoms with E-state index >= 15 is 0 Å². The van der Waals surface area contributed by atoms with Gasteiger partial charge in [-0.25, -0.2) is 0 Å². The van der Waals surface area contributed by atoms with Crippen LogP contribution in [0.15, 0.2) is 24.3 Å². The van der Waals surface area contributed by atoms with Crippen LogP contribution >= 0.6 is 0 Å². The minimum Gasteiger partial charge on any atom is -0.348 e. The quantitative estimate of drug-likeness (QED) is 0.863. The van der Waals surface area contributed by atoms with Crippen molar-refractivity contribution in [1.82, 2.24) is 5.32 Å². The molecule has 0 bridgehead atoms. The number of nitrogens with two attached hydrogens (primary N) is 1. The summed E-state index contributed by atoms with van der Waals surface area (Å²) in [7, 11) is 0. The SMILES string of the molecule is Cc1ccc([C@H](C)NC(=O)[C@H](N)C(C)(C)C)cc1. The van der Waals surface area contributed by atoms with Gasteiger partial charge in [0.2, 0.25) is 5.91 Å². The first-order chi connectivity index (χ1) is 8.21. The Morgan fingerprint density at radius 1 is 1.22 bits per heavy atom. The number of hydrogen-bond acceptors (Lipinski definition) is 2. The van der Waals surface area contributed by atoms with Crippen LogP contribution in [-0.2, 0) is 4.79 Å². The Hall–Kier alpha value is -1.35. The van der Waals surface area contributed by atoms with Crippen LogP contribution in [0.4, 0.5) is 0 Å². The number of rotatable bonds is 3. The van der Waals surface area contributed by atoms with E-state index in [4.69, 9.17) is 5.73 Å². The Balaban J connectivity index is 2.68. The average molecular weight is 248 g/mol. The van der Waals surface area contributed by atoms with Crippen molar-refractivity contribution >= 4 is 5.91 Å². The van der Waals surface area contributed by atoms with Crippen molar-refractivity contribution < 1.29 is 4.79 Å². The zero-order chi connectivity index (χ0) is 13.9. The second kappa shape index (κ2) is 5.53. The van der Waals surface area contributed by atoms with E-state index in [2.05, 4.69) is 5.32 Å². The largest absolute Gasteiger partial charge is 0.348 e. The van der Waals surface area contributed by atoms with Crippen molar-refractivity contribution in [3.05, 3.63) is 35.4 Å². The summed E-state index contributed by atoms with van der Waals surface area (Å²) in [5.74, 6) is -0.101. The lowest BCUT2D eigenvalue weighted by molar-refractivity contribution is -0.125. The van der Waals surface area contributed by atoms with E-state index in [1.54, 1.807) is 0 Å². The molecule has 3 heteroatoms. The van der Waals surface area contributed by atoms with E-state index in [1.807, 2.05) is 58.9 Å². The number of aryl methyl sites for hydroxylation is 1. The van der Waals surface area contributed by atoms with Crippen LogP contribution in [0.3, 0.4) is 0 Å². The van der Waals surface area contributed by atoms with Gasteiger partial charge < -0.3 is 11.1 Å². The van der Waals surface area contributed by atoms with Gasteiger partial charge in [0.05, 0.1) is 12.1 Å². The molecule has 0 aromatic heterocycles. The van der Waals surface area contributed by atoms with Crippen molar-refractivity contribution in [3.63, 3.8) is 0 Å². The Bertz CT molecular complexity index is 403. The third-order valence-corrected chi connectivity index (χ3v) is 3.15. The highest BCUT2D eigenvalue weighted by Gasteiger charge is 2.28. The van der Waals surface area contributed by atoms with Crippen LogP contribution in [0.1, 0.15) is 44.9 Å². The Morgan fingerprint density at radius 3 is 2.17 bits per heavy atom. The second-order valence-electron chi connectivity index (χ2n) is 5.98. The molecule has 0 radical (unpaired) electrons. The van der Waals surface area contributed by atoms with Crippen LogP contribution in [0.2, 0.25) is 0 Å². The number of carbonyl (C=O) groups is 1. The van der Waals surface area contributed by atoms with Gasteiger partial charge in [0.1, 0.15) is 0 Å². The zero-order valence-corrected chi connectivity index (χ0v) is 11.9. The molecule has 3 nitrogen and oxygen atoms in total. The van der Waals surface area contributed by atoms with Crippen LogP contribution < -0.4 is 11.1 Å². The van der Waals surface area contributed by atoms with E-state index in [-0.39, 0.29) is 17.4 Å². The average Bonchev–Trinajstić information content (AvgIpc) is 2.27. The Labute approximate surface area is 110 Å². The third kappa shape index (κ3) is 3.84. The number of hydrogen-bond donors (Lipinski definition) is 2. The van der Waals surface area contributed by atoms with Gasteiger partial charge in [-0.2, -0.15) is 0 Å². The van der Waals surface area contributed by atoms with Crippen molar-refractivity contribution in [3.8, 4) is 0 Å².